The number of likely N-dealkylation sites (tertiary alicyclic amines) is 1. The molecule has 0 amide bonds. The lowest BCUT2D eigenvalue weighted by Crippen LogP contribution is -2.62. The fourth-order valence-corrected chi connectivity index (χ4v) is 4.85. The van der Waals surface area contributed by atoms with Crippen molar-refractivity contribution in [2.24, 2.45) is 0 Å². The van der Waals surface area contributed by atoms with Crippen LogP contribution < -0.4 is 5.32 Å². The first-order valence-electron chi connectivity index (χ1n) is 7.64. The second-order valence-corrected chi connectivity index (χ2v) is 7.48. The number of thiophene rings is 1. The van der Waals surface area contributed by atoms with Crippen LogP contribution in [-0.2, 0) is 6.54 Å². The van der Waals surface area contributed by atoms with E-state index in [-0.39, 0.29) is 0 Å². The highest BCUT2D eigenvalue weighted by molar-refractivity contribution is 7.19. The van der Waals surface area contributed by atoms with Crippen molar-refractivity contribution in [3.63, 3.8) is 0 Å². The normalized spacial score (nSPS) is 21.8. The summed E-state index contributed by atoms with van der Waals surface area (Å²) < 4.78 is 1.30. The highest BCUT2D eigenvalue weighted by Gasteiger charge is 2.32. The molecule has 0 aliphatic carbocycles. The molecule has 0 bridgehead atoms. The molecular formula is C16H20ClN3S. The van der Waals surface area contributed by atoms with Gasteiger partial charge < -0.3 is 5.32 Å². The standard InChI is InChI=1S/C16H20ClN3S/c17-16-13-3-1-2-4-14(13)21-15(16)11-19-9-12(10-19)20-7-5-18-6-8-20/h1-4,12,18H,5-11H2. The van der Waals surface area contributed by atoms with E-state index in [4.69, 9.17) is 11.6 Å². The monoisotopic (exact) mass is 321 g/mol. The quantitative estimate of drug-likeness (QED) is 0.937. The number of nitrogens with one attached hydrogen (secondary N) is 1. The molecule has 2 saturated heterocycles. The molecule has 1 aromatic heterocycles. The van der Waals surface area contributed by atoms with Gasteiger partial charge in [-0.1, -0.05) is 29.8 Å². The highest BCUT2D eigenvalue weighted by atomic mass is 35.5. The van der Waals surface area contributed by atoms with E-state index < -0.39 is 0 Å². The van der Waals surface area contributed by atoms with Gasteiger partial charge in [0.25, 0.3) is 0 Å². The Kier molecular flexibility index (Phi) is 3.90. The Bertz CT molecular complexity index is 629. The number of piperazine rings is 1. The van der Waals surface area contributed by atoms with Crippen LogP contribution in [0.2, 0.25) is 5.02 Å². The van der Waals surface area contributed by atoms with Crippen LogP contribution in [0.3, 0.4) is 0 Å². The van der Waals surface area contributed by atoms with E-state index in [0.29, 0.717) is 0 Å². The van der Waals surface area contributed by atoms with Crippen molar-refractivity contribution in [1.82, 2.24) is 15.1 Å². The number of rotatable bonds is 3. The lowest BCUT2D eigenvalue weighted by Gasteiger charge is -2.46. The van der Waals surface area contributed by atoms with Crippen LogP contribution in [0.4, 0.5) is 0 Å². The second-order valence-electron chi connectivity index (χ2n) is 5.97. The highest BCUT2D eigenvalue weighted by Crippen LogP contribution is 2.36. The van der Waals surface area contributed by atoms with Gasteiger partial charge in [-0.05, 0) is 6.07 Å². The molecule has 21 heavy (non-hydrogen) atoms. The molecule has 3 heterocycles. The summed E-state index contributed by atoms with van der Waals surface area (Å²) in [6, 6.07) is 9.18. The van der Waals surface area contributed by atoms with Gasteiger partial charge in [0.15, 0.2) is 0 Å². The van der Waals surface area contributed by atoms with E-state index in [9.17, 15) is 0 Å². The minimum atomic E-state index is 0.750. The second kappa shape index (κ2) is 5.86. The van der Waals surface area contributed by atoms with Gasteiger partial charge in [-0.3, -0.25) is 9.80 Å². The molecular weight excluding hydrogens is 302 g/mol. The lowest BCUT2D eigenvalue weighted by atomic mass is 10.1. The van der Waals surface area contributed by atoms with Crippen molar-refractivity contribution in [3.8, 4) is 0 Å². The van der Waals surface area contributed by atoms with Gasteiger partial charge in [0.1, 0.15) is 0 Å². The minimum Gasteiger partial charge on any atom is -0.314 e. The van der Waals surface area contributed by atoms with Crippen molar-refractivity contribution < 1.29 is 0 Å². The summed E-state index contributed by atoms with van der Waals surface area (Å²) in [4.78, 5) is 6.46. The van der Waals surface area contributed by atoms with Gasteiger partial charge >= 0.3 is 0 Å². The molecule has 5 heteroatoms. The Hall–Kier alpha value is -0.650. The van der Waals surface area contributed by atoms with Crippen molar-refractivity contribution >= 4 is 33.0 Å². The van der Waals surface area contributed by atoms with E-state index in [1.54, 1.807) is 0 Å². The Morgan fingerprint density at radius 3 is 2.71 bits per heavy atom. The number of benzene rings is 1. The fraction of sp³-hybridized carbons (Fsp3) is 0.500. The van der Waals surface area contributed by atoms with Crippen molar-refractivity contribution in [2.45, 2.75) is 12.6 Å². The van der Waals surface area contributed by atoms with Gasteiger partial charge in [-0.15, -0.1) is 11.3 Å². The van der Waals surface area contributed by atoms with Gasteiger partial charge in [-0.25, -0.2) is 0 Å². The summed E-state index contributed by atoms with van der Waals surface area (Å²) in [5.74, 6) is 0. The first-order valence-corrected chi connectivity index (χ1v) is 8.84. The number of hydrogen-bond donors (Lipinski definition) is 1. The average Bonchev–Trinajstić information content (AvgIpc) is 2.80. The molecule has 0 saturated carbocycles. The van der Waals surface area contributed by atoms with Crippen molar-refractivity contribution in [3.05, 3.63) is 34.2 Å². The van der Waals surface area contributed by atoms with Crippen LogP contribution in [0, 0.1) is 0 Å². The SMILES string of the molecule is Clc1c(CN2CC(N3CCNCC3)C2)sc2ccccc12. The summed E-state index contributed by atoms with van der Waals surface area (Å²) in [5.41, 5.74) is 0. The molecule has 2 aliphatic heterocycles. The Morgan fingerprint density at radius 1 is 1.19 bits per heavy atom. The first kappa shape index (κ1) is 14.0. The van der Waals surface area contributed by atoms with Crippen LogP contribution in [0.15, 0.2) is 24.3 Å². The molecule has 2 aliphatic rings. The average molecular weight is 322 g/mol. The van der Waals surface area contributed by atoms with E-state index in [2.05, 4.69) is 39.4 Å². The zero-order valence-corrected chi connectivity index (χ0v) is 13.6. The summed E-state index contributed by atoms with van der Waals surface area (Å²) in [6.07, 6.45) is 0. The third kappa shape index (κ3) is 2.71. The summed E-state index contributed by atoms with van der Waals surface area (Å²) in [5, 5.41) is 5.59. The summed E-state index contributed by atoms with van der Waals surface area (Å²) in [6.45, 7) is 8.04. The van der Waals surface area contributed by atoms with E-state index >= 15 is 0 Å². The number of nitrogens with zero attached hydrogens (tertiary/aromatic N) is 2. The topological polar surface area (TPSA) is 18.5 Å². The van der Waals surface area contributed by atoms with E-state index in [1.807, 2.05) is 11.3 Å². The van der Waals surface area contributed by atoms with Crippen molar-refractivity contribution in [1.29, 1.82) is 0 Å². The third-order valence-corrected chi connectivity index (χ3v) is 6.27. The van der Waals surface area contributed by atoms with E-state index in [0.717, 1.165) is 30.7 Å². The maximum atomic E-state index is 6.53. The summed E-state index contributed by atoms with van der Waals surface area (Å²) >= 11 is 8.37. The first-order chi connectivity index (χ1) is 10.3. The molecule has 0 unspecified atom stereocenters. The number of hydrogen-bond acceptors (Lipinski definition) is 4. The van der Waals surface area contributed by atoms with Crippen molar-refractivity contribution in [2.75, 3.05) is 39.3 Å². The molecule has 0 atom stereocenters. The molecule has 4 rings (SSSR count). The van der Waals surface area contributed by atoms with Crippen LogP contribution in [-0.4, -0.2) is 55.1 Å². The molecule has 1 aromatic carbocycles. The minimum absolute atomic E-state index is 0.750. The molecule has 3 nitrogen and oxygen atoms in total. The fourth-order valence-electron chi connectivity index (χ4n) is 3.32. The molecule has 2 aromatic rings. The predicted molar refractivity (Wildman–Crippen MR) is 90.3 cm³/mol. The zero-order valence-electron chi connectivity index (χ0n) is 12.0. The predicted octanol–water partition coefficient (Wildman–Crippen LogP) is 2.64. The van der Waals surface area contributed by atoms with Crippen LogP contribution >= 0.6 is 22.9 Å². The Balaban J connectivity index is 1.39. The maximum absolute atomic E-state index is 6.53. The Labute approximate surface area is 134 Å². The van der Waals surface area contributed by atoms with Crippen LogP contribution in [0.25, 0.3) is 10.1 Å². The maximum Gasteiger partial charge on any atom is 0.0637 e. The Morgan fingerprint density at radius 2 is 1.95 bits per heavy atom. The number of halogens is 1. The van der Waals surface area contributed by atoms with Crippen LogP contribution in [0.1, 0.15) is 4.88 Å². The largest absolute Gasteiger partial charge is 0.314 e. The zero-order chi connectivity index (χ0) is 14.2. The molecule has 0 spiro atoms. The molecule has 112 valence electrons. The van der Waals surface area contributed by atoms with Gasteiger partial charge in [0, 0.05) is 66.8 Å². The smallest absolute Gasteiger partial charge is 0.0637 e. The van der Waals surface area contributed by atoms with Gasteiger partial charge in [0.05, 0.1) is 5.02 Å². The third-order valence-electron chi connectivity index (χ3n) is 4.57. The van der Waals surface area contributed by atoms with E-state index in [1.165, 1.54) is 41.1 Å². The number of fused-ring (bicyclic) bond motifs is 1. The summed E-state index contributed by atoms with van der Waals surface area (Å²) in [7, 11) is 0. The van der Waals surface area contributed by atoms with Gasteiger partial charge in [0.2, 0.25) is 0 Å². The van der Waals surface area contributed by atoms with Crippen LogP contribution in [0.5, 0.6) is 0 Å². The molecule has 0 radical (unpaired) electrons. The molecule has 2 fully saturated rings. The lowest BCUT2D eigenvalue weighted by molar-refractivity contribution is 0.0229. The van der Waals surface area contributed by atoms with Gasteiger partial charge in [-0.2, -0.15) is 0 Å². The molecule has 1 N–H and O–H groups in total.